The number of pyridine rings is 1. The molecule has 0 aliphatic carbocycles. The number of halogens is 5. The number of alkyl halides is 3. The summed E-state index contributed by atoms with van der Waals surface area (Å²) in [4.78, 5) is 23.6. The molecule has 3 heterocycles. The first-order valence-electron chi connectivity index (χ1n) is 9.65. The maximum Gasteiger partial charge on any atom is 0.434 e. The number of hydrogen-bond acceptors (Lipinski definition) is 7. The summed E-state index contributed by atoms with van der Waals surface area (Å²) < 4.78 is 62.6. The van der Waals surface area contributed by atoms with E-state index in [-0.39, 0.29) is 27.9 Å². The summed E-state index contributed by atoms with van der Waals surface area (Å²) in [6.07, 6.45) is -2.55. The average Bonchev–Trinajstić information content (AvgIpc) is 3.20. The van der Waals surface area contributed by atoms with Crippen molar-refractivity contribution < 1.29 is 27.1 Å². The van der Waals surface area contributed by atoms with E-state index in [0.29, 0.717) is 10.4 Å². The summed E-state index contributed by atoms with van der Waals surface area (Å²) in [5.74, 6) is -3.22. The van der Waals surface area contributed by atoms with E-state index in [4.69, 9.17) is 27.8 Å². The van der Waals surface area contributed by atoms with Gasteiger partial charge in [0.25, 0.3) is 11.9 Å². The Morgan fingerprint density at radius 2 is 1.83 bits per heavy atom. The van der Waals surface area contributed by atoms with Crippen molar-refractivity contribution in [1.82, 2.24) is 24.7 Å². The van der Waals surface area contributed by atoms with Gasteiger partial charge in [-0.15, -0.1) is 0 Å². The van der Waals surface area contributed by atoms with Crippen LogP contribution < -0.4 is 16.2 Å². The molecule has 0 bridgehead atoms. The zero-order valence-corrected chi connectivity index (χ0v) is 18.4. The van der Waals surface area contributed by atoms with Crippen molar-refractivity contribution in [2.45, 2.75) is 13.1 Å². The number of nitrogens with zero attached hydrogens (tertiary/aromatic N) is 5. The Morgan fingerprint density at radius 3 is 2.46 bits per heavy atom. The summed E-state index contributed by atoms with van der Waals surface area (Å²) in [6.45, 7) is 1.54. The second-order valence-corrected chi connectivity index (χ2v) is 7.48. The highest BCUT2D eigenvalue weighted by molar-refractivity contribution is 6.34. The molecule has 0 saturated carbocycles. The van der Waals surface area contributed by atoms with Crippen molar-refractivity contribution in [1.29, 1.82) is 0 Å². The molecule has 14 heteroatoms. The Kier molecular flexibility index (Phi) is 6.03. The fraction of sp³-hybridized carbons (Fsp3) is 0.0952. The van der Waals surface area contributed by atoms with Gasteiger partial charge in [0.2, 0.25) is 0 Å². The lowest BCUT2D eigenvalue weighted by Crippen LogP contribution is -2.22. The summed E-state index contributed by atoms with van der Waals surface area (Å²) in [6, 6.07) is 5.97. The second kappa shape index (κ2) is 8.83. The number of carbonyl (C=O) groups is 1. The minimum Gasteiger partial charge on any atom is -0.453 e. The third-order valence-corrected chi connectivity index (χ3v) is 5.06. The van der Waals surface area contributed by atoms with Crippen LogP contribution in [0, 0.1) is 12.7 Å². The van der Waals surface area contributed by atoms with Crippen LogP contribution in [0.1, 0.15) is 21.7 Å². The number of ether oxygens (including phenoxy) is 1. The molecule has 35 heavy (non-hydrogen) atoms. The van der Waals surface area contributed by atoms with E-state index in [1.807, 2.05) is 0 Å². The molecule has 0 aliphatic rings. The van der Waals surface area contributed by atoms with Gasteiger partial charge >= 0.3 is 6.18 Å². The Bertz CT molecular complexity index is 1460. The van der Waals surface area contributed by atoms with Gasteiger partial charge < -0.3 is 16.2 Å². The number of hydrogen-bond donors (Lipinski definition) is 2. The van der Waals surface area contributed by atoms with E-state index < -0.39 is 40.8 Å². The molecule has 0 radical (unpaired) electrons. The largest absolute Gasteiger partial charge is 0.453 e. The second-order valence-electron chi connectivity index (χ2n) is 7.10. The fourth-order valence-electron chi connectivity index (χ4n) is 3.17. The lowest BCUT2D eigenvalue weighted by atomic mass is 10.0. The first kappa shape index (κ1) is 23.9. The molecule has 4 aromatic rings. The number of rotatable bonds is 5. The van der Waals surface area contributed by atoms with Gasteiger partial charge in [-0.25, -0.2) is 19.3 Å². The number of nitrogen functional groups attached to an aromatic ring is 1. The quantitative estimate of drug-likeness (QED) is 0.384. The molecule has 0 fully saturated rings. The van der Waals surface area contributed by atoms with Crippen molar-refractivity contribution >= 4 is 23.3 Å². The standard InChI is InChI=1S/C21H14ClF4N7O2/c1-9-4-6-30-20(31-9)33-17(21(24,25)26)14(19(28)34)16(32-33)10-2-3-12(11(23)8-10)35-13-5-7-29-18(27)15(13)22/h2-8H,1H3,(H2,27,29)(H2,28,34). The highest BCUT2D eigenvalue weighted by Gasteiger charge is 2.43. The number of aryl methyl sites for hydroxylation is 1. The van der Waals surface area contributed by atoms with Gasteiger partial charge in [-0.2, -0.15) is 23.0 Å². The monoisotopic (exact) mass is 507 g/mol. The minimum absolute atomic E-state index is 0.00359. The first-order valence-corrected chi connectivity index (χ1v) is 10.0. The molecule has 0 spiro atoms. The molecule has 1 aromatic carbocycles. The Labute approximate surface area is 199 Å². The van der Waals surface area contributed by atoms with E-state index in [0.717, 1.165) is 12.1 Å². The van der Waals surface area contributed by atoms with Crippen molar-refractivity contribution in [3.05, 3.63) is 70.5 Å². The predicted octanol–water partition coefficient (Wildman–Crippen LogP) is 4.32. The molecular formula is C21H14ClF4N7O2. The Morgan fingerprint density at radius 1 is 1.11 bits per heavy atom. The van der Waals surface area contributed by atoms with Gasteiger partial charge in [-0.05, 0) is 31.2 Å². The number of primary amides is 1. The van der Waals surface area contributed by atoms with E-state index in [1.165, 1.54) is 37.5 Å². The normalized spacial score (nSPS) is 11.5. The van der Waals surface area contributed by atoms with Crippen molar-refractivity contribution in [3.63, 3.8) is 0 Å². The molecule has 1 amide bonds. The molecule has 4 rings (SSSR count). The number of amides is 1. The van der Waals surface area contributed by atoms with Crippen LogP contribution in [0.4, 0.5) is 23.4 Å². The molecule has 0 unspecified atom stereocenters. The van der Waals surface area contributed by atoms with Crippen molar-refractivity contribution in [3.8, 4) is 28.7 Å². The van der Waals surface area contributed by atoms with Crippen molar-refractivity contribution in [2.24, 2.45) is 5.73 Å². The van der Waals surface area contributed by atoms with Crippen LogP contribution in [0.25, 0.3) is 17.2 Å². The van der Waals surface area contributed by atoms with E-state index in [2.05, 4.69) is 20.1 Å². The smallest absolute Gasteiger partial charge is 0.434 e. The lowest BCUT2D eigenvalue weighted by molar-refractivity contribution is -0.143. The van der Waals surface area contributed by atoms with Crippen LogP contribution in [0.2, 0.25) is 5.02 Å². The maximum atomic E-state index is 14.9. The summed E-state index contributed by atoms with van der Waals surface area (Å²) in [5.41, 5.74) is 8.06. The molecule has 0 saturated heterocycles. The molecule has 4 N–H and O–H groups in total. The minimum atomic E-state index is -5.07. The van der Waals surface area contributed by atoms with Gasteiger partial charge in [0.05, 0.1) is 5.56 Å². The van der Waals surface area contributed by atoms with Crippen molar-refractivity contribution in [2.75, 3.05) is 5.73 Å². The van der Waals surface area contributed by atoms with Crippen LogP contribution in [0.5, 0.6) is 11.5 Å². The molecule has 0 atom stereocenters. The molecule has 3 aromatic heterocycles. The fourth-order valence-corrected chi connectivity index (χ4v) is 3.32. The molecule has 0 aliphatic heterocycles. The number of nitrogens with two attached hydrogens (primary N) is 2. The zero-order valence-electron chi connectivity index (χ0n) is 17.6. The van der Waals surface area contributed by atoms with E-state index >= 15 is 0 Å². The van der Waals surface area contributed by atoms with Gasteiger partial charge in [-0.3, -0.25) is 4.79 Å². The third-order valence-electron chi connectivity index (χ3n) is 4.68. The van der Waals surface area contributed by atoms with Gasteiger partial charge in [0.1, 0.15) is 16.5 Å². The maximum absolute atomic E-state index is 14.9. The van der Waals surface area contributed by atoms with Crippen LogP contribution in [-0.4, -0.2) is 30.6 Å². The predicted molar refractivity (Wildman–Crippen MR) is 117 cm³/mol. The van der Waals surface area contributed by atoms with Crippen LogP contribution in [-0.2, 0) is 6.18 Å². The highest BCUT2D eigenvalue weighted by Crippen LogP contribution is 2.39. The SMILES string of the molecule is Cc1ccnc(-n2nc(-c3ccc(Oc4ccnc(N)c4Cl)c(F)c3)c(C(N)=O)c2C(F)(F)F)n1. The summed E-state index contributed by atoms with van der Waals surface area (Å²) in [7, 11) is 0. The number of aromatic nitrogens is 5. The third kappa shape index (κ3) is 4.57. The first-order chi connectivity index (χ1) is 16.5. The van der Waals surface area contributed by atoms with Crippen LogP contribution >= 0.6 is 11.6 Å². The van der Waals surface area contributed by atoms with Gasteiger partial charge in [-0.1, -0.05) is 11.6 Å². The Balaban J connectivity index is 1.86. The summed E-state index contributed by atoms with van der Waals surface area (Å²) >= 11 is 5.99. The summed E-state index contributed by atoms with van der Waals surface area (Å²) in [5, 5.41) is 3.82. The van der Waals surface area contributed by atoms with Crippen LogP contribution in [0.15, 0.2) is 42.7 Å². The zero-order chi connectivity index (χ0) is 25.5. The molecular weight excluding hydrogens is 494 g/mol. The number of benzene rings is 1. The molecule has 9 nitrogen and oxygen atoms in total. The Hall–Kier alpha value is -4.26. The average molecular weight is 508 g/mol. The van der Waals surface area contributed by atoms with Crippen LogP contribution in [0.3, 0.4) is 0 Å². The van der Waals surface area contributed by atoms with Gasteiger partial charge in [0.15, 0.2) is 23.0 Å². The topological polar surface area (TPSA) is 135 Å². The highest BCUT2D eigenvalue weighted by atomic mass is 35.5. The number of anilines is 1. The van der Waals surface area contributed by atoms with E-state index in [1.54, 1.807) is 0 Å². The number of carbonyl (C=O) groups excluding carboxylic acids is 1. The van der Waals surface area contributed by atoms with Gasteiger partial charge in [0, 0.05) is 29.7 Å². The molecule has 180 valence electrons. The van der Waals surface area contributed by atoms with E-state index in [9.17, 15) is 22.4 Å². The lowest BCUT2D eigenvalue weighted by Gasteiger charge is -2.11.